The maximum Gasteiger partial charge on any atom is 0.178 e. The molecule has 6 heteroatoms. The van der Waals surface area contributed by atoms with Crippen LogP contribution >= 0.6 is 47.2 Å². The van der Waals surface area contributed by atoms with Gasteiger partial charge in [-0.1, -0.05) is 30.1 Å². The summed E-state index contributed by atoms with van der Waals surface area (Å²) < 4.78 is 2.87. The van der Waals surface area contributed by atoms with Gasteiger partial charge in [-0.3, -0.25) is 0 Å². The number of aromatic amines is 1. The van der Waals surface area contributed by atoms with Gasteiger partial charge < -0.3 is 9.55 Å². The quantitative estimate of drug-likeness (QED) is 0.769. The summed E-state index contributed by atoms with van der Waals surface area (Å²) in [4.78, 5) is 3.19. The summed E-state index contributed by atoms with van der Waals surface area (Å²) in [7, 11) is 0. The Kier molecular flexibility index (Phi) is 4.64. The summed E-state index contributed by atoms with van der Waals surface area (Å²) in [5, 5.41) is 1.11. The Bertz CT molecular complexity index is 618. The first kappa shape index (κ1) is 14.3. The van der Waals surface area contributed by atoms with Gasteiger partial charge in [0.25, 0.3) is 0 Å². The van der Waals surface area contributed by atoms with Gasteiger partial charge in [-0.25, -0.2) is 0 Å². The van der Waals surface area contributed by atoms with Gasteiger partial charge in [0.05, 0.1) is 21.1 Å². The van der Waals surface area contributed by atoms with Crippen molar-refractivity contribution in [3.05, 3.63) is 26.9 Å². The maximum absolute atomic E-state index is 6.10. The first-order valence-electron chi connectivity index (χ1n) is 5.66. The van der Waals surface area contributed by atoms with Crippen molar-refractivity contribution < 1.29 is 0 Å². The molecule has 0 radical (unpaired) electrons. The van der Waals surface area contributed by atoms with Gasteiger partial charge in [-0.15, -0.1) is 0 Å². The van der Waals surface area contributed by atoms with Crippen LogP contribution < -0.4 is 0 Å². The molecule has 0 saturated carbocycles. The van der Waals surface area contributed by atoms with Crippen molar-refractivity contribution in [2.75, 3.05) is 12.0 Å². The van der Waals surface area contributed by atoms with E-state index in [1.807, 2.05) is 23.9 Å². The smallest absolute Gasteiger partial charge is 0.178 e. The third-order valence-electron chi connectivity index (χ3n) is 2.95. The van der Waals surface area contributed by atoms with Crippen LogP contribution in [-0.2, 0) is 0 Å². The van der Waals surface area contributed by atoms with Gasteiger partial charge in [0.1, 0.15) is 0 Å². The fourth-order valence-corrected chi connectivity index (χ4v) is 3.50. The molecule has 98 valence electrons. The monoisotopic (exact) mass is 320 g/mol. The van der Waals surface area contributed by atoms with Gasteiger partial charge in [0, 0.05) is 11.8 Å². The van der Waals surface area contributed by atoms with Crippen molar-refractivity contribution in [3.63, 3.8) is 0 Å². The highest BCUT2D eigenvalue weighted by atomic mass is 35.5. The Morgan fingerprint density at radius 1 is 1.39 bits per heavy atom. The predicted octanol–water partition coefficient (Wildman–Crippen LogP) is 5.32. The van der Waals surface area contributed by atoms with E-state index in [1.54, 1.807) is 0 Å². The van der Waals surface area contributed by atoms with E-state index in [2.05, 4.69) is 22.7 Å². The Morgan fingerprint density at radius 2 is 2.06 bits per heavy atom. The third kappa shape index (κ3) is 2.57. The average molecular weight is 321 g/mol. The van der Waals surface area contributed by atoms with Crippen molar-refractivity contribution in [1.29, 1.82) is 0 Å². The van der Waals surface area contributed by atoms with Crippen LogP contribution in [0.3, 0.4) is 0 Å². The van der Waals surface area contributed by atoms with Crippen LogP contribution in [0.5, 0.6) is 0 Å². The van der Waals surface area contributed by atoms with E-state index in [-0.39, 0.29) is 0 Å². The molecule has 0 fully saturated rings. The number of hydrogen-bond acceptors (Lipinski definition) is 2. The average Bonchev–Trinajstić information content (AvgIpc) is 2.63. The topological polar surface area (TPSA) is 20.7 Å². The Hall–Kier alpha value is -0.160. The van der Waals surface area contributed by atoms with Crippen molar-refractivity contribution in [1.82, 2.24) is 9.55 Å². The van der Waals surface area contributed by atoms with E-state index in [9.17, 15) is 0 Å². The number of benzene rings is 1. The minimum atomic E-state index is 0.374. The number of aromatic nitrogens is 2. The highest BCUT2D eigenvalue weighted by Gasteiger charge is 2.14. The van der Waals surface area contributed by atoms with Gasteiger partial charge in [0.2, 0.25) is 0 Å². The zero-order valence-corrected chi connectivity index (χ0v) is 13.3. The molecule has 1 atom stereocenters. The lowest BCUT2D eigenvalue weighted by molar-refractivity contribution is 0.548. The molecule has 0 aliphatic heterocycles. The lowest BCUT2D eigenvalue weighted by atomic mass is 10.2. The number of fused-ring (bicyclic) bond motifs is 1. The molecule has 0 amide bonds. The van der Waals surface area contributed by atoms with Crippen LogP contribution in [0.2, 0.25) is 10.0 Å². The standard InChI is InChI=1S/C12H14Cl2N2S2/c1-3-7(6-18-2)16-11-5-9(14)8(13)4-10(11)15-12(16)17/h4-5,7H,3,6H2,1-2H3,(H,15,17). The molecule has 1 unspecified atom stereocenters. The molecule has 1 aromatic heterocycles. The second-order valence-electron chi connectivity index (χ2n) is 4.10. The van der Waals surface area contributed by atoms with Crippen LogP contribution in [0.1, 0.15) is 19.4 Å². The first-order chi connectivity index (χ1) is 8.58. The maximum atomic E-state index is 6.10. The Morgan fingerprint density at radius 3 is 2.67 bits per heavy atom. The minimum absolute atomic E-state index is 0.374. The lowest BCUT2D eigenvalue weighted by Gasteiger charge is -2.16. The second kappa shape index (κ2) is 5.87. The number of nitrogens with one attached hydrogen (secondary N) is 1. The largest absolute Gasteiger partial charge is 0.331 e. The molecule has 0 bridgehead atoms. The van der Waals surface area contributed by atoms with Gasteiger partial charge in [-0.05, 0) is 37.0 Å². The molecule has 2 aromatic rings. The van der Waals surface area contributed by atoms with Crippen molar-refractivity contribution in [3.8, 4) is 0 Å². The molecule has 2 nitrogen and oxygen atoms in total. The molecule has 1 aromatic carbocycles. The molecule has 1 heterocycles. The highest BCUT2D eigenvalue weighted by molar-refractivity contribution is 7.98. The normalized spacial score (nSPS) is 13.1. The molecular weight excluding hydrogens is 307 g/mol. The summed E-state index contributed by atoms with van der Waals surface area (Å²) in [6, 6.07) is 4.09. The highest BCUT2D eigenvalue weighted by Crippen LogP contribution is 2.30. The van der Waals surface area contributed by atoms with Crippen molar-refractivity contribution in [2.24, 2.45) is 0 Å². The number of hydrogen-bond donors (Lipinski definition) is 1. The fraction of sp³-hybridized carbons (Fsp3) is 0.417. The van der Waals surface area contributed by atoms with Gasteiger partial charge >= 0.3 is 0 Å². The van der Waals surface area contributed by atoms with E-state index < -0.39 is 0 Å². The van der Waals surface area contributed by atoms with Crippen LogP contribution in [0.25, 0.3) is 11.0 Å². The van der Waals surface area contributed by atoms with E-state index in [0.29, 0.717) is 16.1 Å². The van der Waals surface area contributed by atoms with Crippen molar-refractivity contribution >= 4 is 58.2 Å². The Labute approximate surface area is 126 Å². The first-order valence-corrected chi connectivity index (χ1v) is 8.22. The van der Waals surface area contributed by atoms with Crippen LogP contribution in [0.4, 0.5) is 0 Å². The molecular formula is C12H14Cl2N2S2. The van der Waals surface area contributed by atoms with Gasteiger partial charge in [-0.2, -0.15) is 11.8 Å². The predicted molar refractivity (Wildman–Crippen MR) is 84.9 cm³/mol. The molecule has 0 spiro atoms. The number of thioether (sulfide) groups is 1. The molecule has 0 aliphatic rings. The van der Waals surface area contributed by atoms with Crippen LogP contribution in [-0.4, -0.2) is 21.6 Å². The number of rotatable bonds is 4. The number of H-pyrrole nitrogens is 1. The number of nitrogens with zero attached hydrogens (tertiary/aromatic N) is 1. The zero-order chi connectivity index (χ0) is 13.3. The summed E-state index contributed by atoms with van der Waals surface area (Å²) >= 11 is 19.3. The van der Waals surface area contributed by atoms with E-state index in [4.69, 9.17) is 35.4 Å². The van der Waals surface area contributed by atoms with E-state index >= 15 is 0 Å². The van der Waals surface area contributed by atoms with Gasteiger partial charge in [0.15, 0.2) is 4.77 Å². The summed E-state index contributed by atoms with van der Waals surface area (Å²) in [6.45, 7) is 2.17. The number of imidazole rings is 1. The SMILES string of the molecule is CCC(CSC)n1c(=S)[nH]c2cc(Cl)c(Cl)cc21. The summed E-state index contributed by atoms with van der Waals surface area (Å²) in [5.74, 6) is 1.03. The van der Waals surface area contributed by atoms with Crippen LogP contribution in [0, 0.1) is 4.77 Å². The van der Waals surface area contributed by atoms with Crippen molar-refractivity contribution in [2.45, 2.75) is 19.4 Å². The zero-order valence-electron chi connectivity index (χ0n) is 10.2. The molecule has 1 N–H and O–H groups in total. The van der Waals surface area contributed by atoms with Crippen LogP contribution in [0.15, 0.2) is 12.1 Å². The molecule has 2 rings (SSSR count). The lowest BCUT2D eigenvalue weighted by Crippen LogP contribution is -2.10. The van der Waals surface area contributed by atoms with E-state index in [1.165, 1.54) is 0 Å². The number of halogens is 2. The molecule has 18 heavy (non-hydrogen) atoms. The minimum Gasteiger partial charge on any atom is -0.331 e. The molecule has 0 aliphatic carbocycles. The van der Waals surface area contributed by atoms with E-state index in [0.717, 1.165) is 28.0 Å². The summed E-state index contributed by atoms with van der Waals surface area (Å²) in [6.07, 6.45) is 3.13. The molecule has 0 saturated heterocycles. The fourth-order valence-electron chi connectivity index (χ4n) is 2.05. The second-order valence-corrected chi connectivity index (χ2v) is 6.21. The Balaban J connectivity index is 2.66. The third-order valence-corrected chi connectivity index (χ3v) is 4.69. The summed E-state index contributed by atoms with van der Waals surface area (Å²) in [5.41, 5.74) is 1.96.